The summed E-state index contributed by atoms with van der Waals surface area (Å²) in [6.45, 7) is 16.7. The molecule has 2 amide bonds. The van der Waals surface area contributed by atoms with Crippen molar-refractivity contribution in [2.24, 2.45) is 56.7 Å². The quantitative estimate of drug-likeness (QED) is 0.357. The third-order valence-corrected chi connectivity index (χ3v) is 17.7. The second-order valence-electron chi connectivity index (χ2n) is 20.1. The van der Waals surface area contributed by atoms with Crippen LogP contribution >= 0.6 is 0 Å². The Morgan fingerprint density at radius 3 is 2.35 bits per heavy atom. The maximum atomic E-state index is 13.0. The number of carbonyl (C=O) groups is 2. The van der Waals surface area contributed by atoms with E-state index < -0.39 is 6.10 Å². The Bertz CT molecular complexity index is 1380. The van der Waals surface area contributed by atoms with Crippen molar-refractivity contribution >= 4 is 11.8 Å². The predicted molar refractivity (Wildman–Crippen MR) is 191 cm³/mol. The van der Waals surface area contributed by atoms with Gasteiger partial charge in [0.05, 0.1) is 50.8 Å². The number of carbonyl (C=O) groups excluding carboxylic acids is 2. The number of hydrogen-bond acceptors (Lipinski definition) is 7. The molecule has 51 heavy (non-hydrogen) atoms. The van der Waals surface area contributed by atoms with Crippen LogP contribution in [0.15, 0.2) is 0 Å². The molecule has 286 valence electrons. The van der Waals surface area contributed by atoms with Crippen molar-refractivity contribution in [2.45, 2.75) is 149 Å². The maximum Gasteiger partial charge on any atom is 0.223 e. The van der Waals surface area contributed by atoms with Crippen LogP contribution in [0.3, 0.4) is 0 Å². The minimum atomic E-state index is -0.481. The molecule has 0 bridgehead atoms. The van der Waals surface area contributed by atoms with Crippen LogP contribution in [0.1, 0.15) is 118 Å². The van der Waals surface area contributed by atoms with Crippen molar-refractivity contribution < 1.29 is 33.6 Å². The summed E-state index contributed by atoms with van der Waals surface area (Å²) < 4.78 is 25.4. The Hall–Kier alpha value is -1.26. The molecule has 1 N–H and O–H groups in total. The smallest absolute Gasteiger partial charge is 0.223 e. The molecule has 3 heterocycles. The van der Waals surface area contributed by atoms with E-state index in [1.807, 2.05) is 9.80 Å². The first kappa shape index (κ1) is 35.4. The van der Waals surface area contributed by atoms with Crippen LogP contribution in [0.5, 0.6) is 0 Å². The molecule has 13 atom stereocenters. The minimum absolute atomic E-state index is 0.0177. The van der Waals surface area contributed by atoms with E-state index in [-0.39, 0.29) is 52.7 Å². The SMILES string of the molecule is CC1CC(CCC(=O)N2CCOCC2)OC2C1C1(C)CCC34CC35CCC(OC3CN(C(=O)CC6CC6)CCO3)C(C)(C)C5CCC4C1(C)C2O. The number of aliphatic hydroxyl groups excluding tert-OH is 1. The average Bonchev–Trinajstić information content (AvgIpc) is 4.04. The second-order valence-corrected chi connectivity index (χ2v) is 20.1. The van der Waals surface area contributed by atoms with Crippen molar-refractivity contribution in [3.63, 3.8) is 0 Å². The van der Waals surface area contributed by atoms with E-state index in [0.29, 0.717) is 99.3 Å². The zero-order valence-corrected chi connectivity index (χ0v) is 32.2. The maximum absolute atomic E-state index is 13.0. The normalized spacial score (nSPS) is 50.0. The zero-order chi connectivity index (χ0) is 35.6. The van der Waals surface area contributed by atoms with E-state index in [4.69, 9.17) is 18.9 Å². The molecule has 0 aromatic rings. The molecule has 0 aromatic heterocycles. The fourth-order valence-electron chi connectivity index (χ4n) is 14.9. The molecule has 9 nitrogen and oxygen atoms in total. The van der Waals surface area contributed by atoms with Crippen LogP contribution in [0, 0.1) is 56.7 Å². The molecule has 9 rings (SSSR count). The summed E-state index contributed by atoms with van der Waals surface area (Å²) in [5, 5.41) is 12.6. The summed E-state index contributed by atoms with van der Waals surface area (Å²) in [7, 11) is 0. The summed E-state index contributed by atoms with van der Waals surface area (Å²) in [6.07, 6.45) is 12.8. The van der Waals surface area contributed by atoms with Gasteiger partial charge in [0.15, 0.2) is 6.29 Å². The van der Waals surface area contributed by atoms with Gasteiger partial charge in [-0.2, -0.15) is 0 Å². The minimum Gasteiger partial charge on any atom is -0.390 e. The molecule has 6 saturated carbocycles. The first-order chi connectivity index (χ1) is 24.3. The summed E-state index contributed by atoms with van der Waals surface area (Å²) in [5.41, 5.74) is 0.483. The zero-order valence-electron chi connectivity index (χ0n) is 32.2. The van der Waals surface area contributed by atoms with Crippen LogP contribution in [0.25, 0.3) is 0 Å². The van der Waals surface area contributed by atoms with E-state index in [1.54, 1.807) is 0 Å². The van der Waals surface area contributed by atoms with Crippen molar-refractivity contribution in [1.82, 2.24) is 9.80 Å². The van der Waals surface area contributed by atoms with Crippen LogP contribution < -0.4 is 0 Å². The highest BCUT2D eigenvalue weighted by Gasteiger charge is 2.84. The van der Waals surface area contributed by atoms with E-state index in [1.165, 1.54) is 51.4 Å². The lowest BCUT2D eigenvalue weighted by Gasteiger charge is -2.64. The molecule has 3 saturated heterocycles. The number of ether oxygens (including phenoxy) is 4. The highest BCUT2D eigenvalue weighted by molar-refractivity contribution is 5.77. The van der Waals surface area contributed by atoms with Crippen molar-refractivity contribution in [3.05, 3.63) is 0 Å². The molecule has 9 heteroatoms. The number of aliphatic hydroxyl groups is 1. The van der Waals surface area contributed by atoms with Crippen molar-refractivity contribution in [3.8, 4) is 0 Å². The Morgan fingerprint density at radius 1 is 0.863 bits per heavy atom. The lowest BCUT2D eigenvalue weighted by molar-refractivity contribution is -0.248. The van der Waals surface area contributed by atoms with Gasteiger partial charge in [0, 0.05) is 37.9 Å². The fourth-order valence-corrected chi connectivity index (χ4v) is 14.9. The summed E-state index contributed by atoms with van der Waals surface area (Å²) in [4.78, 5) is 29.9. The number of rotatable bonds is 7. The summed E-state index contributed by atoms with van der Waals surface area (Å²) >= 11 is 0. The molecule has 0 radical (unpaired) electrons. The second kappa shape index (κ2) is 12.4. The van der Waals surface area contributed by atoms with Gasteiger partial charge < -0.3 is 33.9 Å². The van der Waals surface area contributed by atoms with Gasteiger partial charge in [-0.25, -0.2) is 0 Å². The first-order valence-electron chi connectivity index (χ1n) is 21.1. The first-order valence-corrected chi connectivity index (χ1v) is 21.1. The van der Waals surface area contributed by atoms with E-state index in [9.17, 15) is 14.7 Å². The highest BCUT2D eigenvalue weighted by Crippen LogP contribution is 2.89. The Labute approximate surface area is 306 Å². The van der Waals surface area contributed by atoms with Crippen LogP contribution in [-0.4, -0.2) is 103 Å². The standard InChI is InChI=1S/C42H66N2O7/c1-26-22-28(8-11-32(45)43-16-19-48-20-17-43)50-36-35(26)39(4)14-15-42-25-41(42)13-12-31(38(2,3)29(41)9-10-30(42)40(39,5)37(36)47)51-34-24-44(18-21-49-34)33(46)23-27-6-7-27/h26-31,34-37,47H,6-25H2,1-5H3. The van der Waals surface area contributed by atoms with E-state index >= 15 is 0 Å². The molecular formula is C42H66N2O7. The summed E-state index contributed by atoms with van der Waals surface area (Å²) in [6, 6.07) is 0. The predicted octanol–water partition coefficient (Wildman–Crippen LogP) is 5.81. The highest BCUT2D eigenvalue weighted by atomic mass is 16.7. The van der Waals surface area contributed by atoms with Gasteiger partial charge in [-0.05, 0) is 122 Å². The van der Waals surface area contributed by atoms with Gasteiger partial charge in [0.25, 0.3) is 0 Å². The van der Waals surface area contributed by atoms with Crippen molar-refractivity contribution in [1.29, 1.82) is 0 Å². The number of hydrogen-bond donors (Lipinski definition) is 1. The number of nitrogens with zero attached hydrogens (tertiary/aromatic N) is 2. The Morgan fingerprint density at radius 2 is 1.59 bits per heavy atom. The molecule has 13 unspecified atom stereocenters. The molecule has 9 fully saturated rings. The van der Waals surface area contributed by atoms with Gasteiger partial charge in [-0.15, -0.1) is 0 Å². The third kappa shape index (κ3) is 5.23. The molecule has 3 aliphatic heterocycles. The number of morpholine rings is 2. The van der Waals surface area contributed by atoms with Gasteiger partial charge >= 0.3 is 0 Å². The molecule has 9 aliphatic rings. The molecule has 2 spiro atoms. The van der Waals surface area contributed by atoms with Gasteiger partial charge in [0.1, 0.15) is 0 Å². The van der Waals surface area contributed by atoms with Crippen LogP contribution in [0.4, 0.5) is 0 Å². The topological polar surface area (TPSA) is 97.8 Å². The van der Waals surface area contributed by atoms with Crippen LogP contribution in [-0.2, 0) is 28.5 Å². The fraction of sp³-hybridized carbons (Fsp3) is 0.952. The largest absolute Gasteiger partial charge is 0.390 e. The summed E-state index contributed by atoms with van der Waals surface area (Å²) in [5.74, 6) is 2.98. The number of amides is 2. The van der Waals surface area contributed by atoms with Crippen molar-refractivity contribution in [2.75, 3.05) is 46.0 Å². The lowest BCUT2D eigenvalue weighted by Crippen LogP contribution is -2.60. The Kier molecular flexibility index (Phi) is 8.60. The third-order valence-electron chi connectivity index (χ3n) is 17.7. The lowest BCUT2D eigenvalue weighted by atomic mass is 9.41. The van der Waals surface area contributed by atoms with E-state index in [2.05, 4.69) is 34.6 Å². The van der Waals surface area contributed by atoms with Gasteiger partial charge in [0.2, 0.25) is 11.8 Å². The monoisotopic (exact) mass is 710 g/mol. The molecule has 0 aromatic carbocycles. The van der Waals surface area contributed by atoms with Gasteiger partial charge in [-0.3, -0.25) is 9.59 Å². The van der Waals surface area contributed by atoms with E-state index in [0.717, 1.165) is 19.3 Å². The molecule has 6 aliphatic carbocycles. The average molecular weight is 711 g/mol. The van der Waals surface area contributed by atoms with Crippen LogP contribution in [0.2, 0.25) is 0 Å². The van der Waals surface area contributed by atoms with Gasteiger partial charge in [-0.1, -0.05) is 34.6 Å². The molecular weight excluding hydrogens is 644 g/mol. The Balaban J connectivity index is 0.888. The number of fused-ring (bicyclic) bond motifs is 4.